The van der Waals surface area contributed by atoms with Gasteiger partial charge < -0.3 is 15.8 Å². The second-order valence-electron chi connectivity index (χ2n) is 6.18. The van der Waals surface area contributed by atoms with Crippen LogP contribution in [0.2, 0.25) is 0 Å². The highest BCUT2D eigenvalue weighted by Crippen LogP contribution is 2.27. The summed E-state index contributed by atoms with van der Waals surface area (Å²) in [4.78, 5) is 0. The minimum Gasteiger partial charge on any atom is -0.491 e. The normalized spacial score (nSPS) is 16.4. The molecule has 0 bridgehead atoms. The SMILES string of the molecule is CC(C)Oc1cc(N)cc(NCCC2CCCCC2)c1. The zero-order chi connectivity index (χ0) is 14.4. The van der Waals surface area contributed by atoms with E-state index in [-0.39, 0.29) is 6.10 Å². The van der Waals surface area contributed by atoms with Crippen LogP contribution in [-0.2, 0) is 0 Å². The number of benzene rings is 1. The third kappa shape index (κ3) is 4.95. The monoisotopic (exact) mass is 276 g/mol. The number of anilines is 2. The van der Waals surface area contributed by atoms with Crippen LogP contribution in [0.1, 0.15) is 52.4 Å². The molecular weight excluding hydrogens is 248 g/mol. The van der Waals surface area contributed by atoms with Crippen LogP contribution in [0.15, 0.2) is 18.2 Å². The summed E-state index contributed by atoms with van der Waals surface area (Å²) in [6.45, 7) is 5.08. The fraction of sp³-hybridized carbons (Fsp3) is 0.647. The quantitative estimate of drug-likeness (QED) is 0.755. The third-order valence-electron chi connectivity index (χ3n) is 3.91. The molecule has 2 rings (SSSR count). The molecule has 0 spiro atoms. The topological polar surface area (TPSA) is 47.3 Å². The van der Waals surface area contributed by atoms with E-state index >= 15 is 0 Å². The van der Waals surface area contributed by atoms with Gasteiger partial charge in [-0.25, -0.2) is 0 Å². The Labute approximate surface area is 122 Å². The molecule has 0 aliphatic heterocycles. The van der Waals surface area contributed by atoms with Crippen LogP contribution >= 0.6 is 0 Å². The molecule has 0 heterocycles. The number of ether oxygens (including phenoxy) is 1. The fourth-order valence-electron chi connectivity index (χ4n) is 2.96. The number of hydrogen-bond donors (Lipinski definition) is 2. The predicted octanol–water partition coefficient (Wildman–Crippen LogP) is 4.44. The van der Waals surface area contributed by atoms with Gasteiger partial charge in [-0.2, -0.15) is 0 Å². The Morgan fingerprint density at radius 1 is 1.20 bits per heavy atom. The molecule has 1 saturated carbocycles. The van der Waals surface area contributed by atoms with Gasteiger partial charge in [0.1, 0.15) is 5.75 Å². The molecule has 0 aromatic heterocycles. The van der Waals surface area contributed by atoms with Crippen molar-refractivity contribution in [1.82, 2.24) is 0 Å². The molecule has 20 heavy (non-hydrogen) atoms. The minimum atomic E-state index is 0.173. The van der Waals surface area contributed by atoms with Crippen LogP contribution in [-0.4, -0.2) is 12.6 Å². The van der Waals surface area contributed by atoms with Crippen molar-refractivity contribution in [3.8, 4) is 5.75 Å². The Morgan fingerprint density at radius 2 is 1.95 bits per heavy atom. The molecule has 1 aliphatic carbocycles. The smallest absolute Gasteiger partial charge is 0.123 e. The van der Waals surface area contributed by atoms with Gasteiger partial charge in [0.15, 0.2) is 0 Å². The van der Waals surface area contributed by atoms with E-state index < -0.39 is 0 Å². The Balaban J connectivity index is 1.83. The van der Waals surface area contributed by atoms with E-state index in [2.05, 4.69) is 5.32 Å². The summed E-state index contributed by atoms with van der Waals surface area (Å²) in [5, 5.41) is 3.49. The first-order chi connectivity index (χ1) is 9.63. The van der Waals surface area contributed by atoms with Crippen molar-refractivity contribution in [2.24, 2.45) is 5.92 Å². The zero-order valence-corrected chi connectivity index (χ0v) is 12.8. The maximum absolute atomic E-state index is 5.93. The van der Waals surface area contributed by atoms with E-state index in [0.29, 0.717) is 0 Å². The standard InChI is InChI=1S/C17H28N2O/c1-13(2)20-17-11-15(18)10-16(12-17)19-9-8-14-6-4-3-5-7-14/h10-14,19H,3-9,18H2,1-2H3. The number of nitrogen functional groups attached to an aromatic ring is 1. The molecule has 0 atom stereocenters. The summed E-state index contributed by atoms with van der Waals surface area (Å²) in [6.07, 6.45) is 8.49. The number of nitrogens with one attached hydrogen (secondary N) is 1. The molecule has 0 radical (unpaired) electrons. The first kappa shape index (κ1) is 15.0. The van der Waals surface area contributed by atoms with Crippen molar-refractivity contribution >= 4 is 11.4 Å². The van der Waals surface area contributed by atoms with E-state index in [9.17, 15) is 0 Å². The second kappa shape index (κ2) is 7.41. The molecule has 0 unspecified atom stereocenters. The van der Waals surface area contributed by atoms with Gasteiger partial charge in [-0.3, -0.25) is 0 Å². The van der Waals surface area contributed by atoms with E-state index in [0.717, 1.165) is 29.6 Å². The summed E-state index contributed by atoms with van der Waals surface area (Å²) < 4.78 is 5.71. The van der Waals surface area contributed by atoms with Crippen molar-refractivity contribution < 1.29 is 4.74 Å². The Kier molecular flexibility index (Phi) is 5.57. The van der Waals surface area contributed by atoms with E-state index in [1.807, 2.05) is 32.0 Å². The number of nitrogens with two attached hydrogens (primary N) is 1. The minimum absolute atomic E-state index is 0.173. The van der Waals surface area contributed by atoms with Crippen molar-refractivity contribution in [2.45, 2.75) is 58.5 Å². The number of hydrogen-bond acceptors (Lipinski definition) is 3. The average molecular weight is 276 g/mol. The molecule has 3 heteroatoms. The zero-order valence-electron chi connectivity index (χ0n) is 12.8. The summed E-state index contributed by atoms with van der Waals surface area (Å²) in [6, 6.07) is 5.90. The lowest BCUT2D eigenvalue weighted by Gasteiger charge is -2.21. The first-order valence-corrected chi connectivity index (χ1v) is 7.94. The largest absolute Gasteiger partial charge is 0.491 e. The molecule has 112 valence electrons. The van der Waals surface area contributed by atoms with Crippen LogP contribution in [0.3, 0.4) is 0 Å². The van der Waals surface area contributed by atoms with Crippen molar-refractivity contribution in [3.05, 3.63) is 18.2 Å². The Hall–Kier alpha value is -1.38. The van der Waals surface area contributed by atoms with Crippen LogP contribution < -0.4 is 15.8 Å². The molecular formula is C17H28N2O. The Bertz CT molecular complexity index is 411. The highest BCUT2D eigenvalue weighted by molar-refractivity contribution is 5.59. The van der Waals surface area contributed by atoms with Crippen LogP contribution in [0.5, 0.6) is 5.75 Å². The van der Waals surface area contributed by atoms with Crippen LogP contribution in [0.25, 0.3) is 0 Å². The number of rotatable bonds is 6. The molecule has 1 aliphatic rings. The molecule has 3 nitrogen and oxygen atoms in total. The summed E-state index contributed by atoms with van der Waals surface area (Å²) in [7, 11) is 0. The maximum atomic E-state index is 5.93. The van der Waals surface area contributed by atoms with Gasteiger partial charge in [-0.05, 0) is 32.3 Å². The second-order valence-corrected chi connectivity index (χ2v) is 6.18. The summed E-state index contributed by atoms with van der Waals surface area (Å²) in [5.41, 5.74) is 7.75. The van der Waals surface area contributed by atoms with Gasteiger partial charge in [-0.15, -0.1) is 0 Å². The maximum Gasteiger partial charge on any atom is 0.123 e. The van der Waals surface area contributed by atoms with Crippen LogP contribution in [0.4, 0.5) is 11.4 Å². The average Bonchev–Trinajstić information content (AvgIpc) is 2.38. The molecule has 3 N–H and O–H groups in total. The highest BCUT2D eigenvalue weighted by atomic mass is 16.5. The Morgan fingerprint density at radius 3 is 2.65 bits per heavy atom. The predicted molar refractivity (Wildman–Crippen MR) is 86.3 cm³/mol. The first-order valence-electron chi connectivity index (χ1n) is 7.94. The molecule has 1 aromatic rings. The van der Waals surface area contributed by atoms with Crippen molar-refractivity contribution in [1.29, 1.82) is 0 Å². The molecule has 0 amide bonds. The van der Waals surface area contributed by atoms with Gasteiger partial charge in [-0.1, -0.05) is 32.1 Å². The molecule has 1 aromatic carbocycles. The lowest BCUT2D eigenvalue weighted by atomic mass is 9.87. The third-order valence-corrected chi connectivity index (χ3v) is 3.91. The van der Waals surface area contributed by atoms with Gasteiger partial charge >= 0.3 is 0 Å². The lowest BCUT2D eigenvalue weighted by Crippen LogP contribution is -2.12. The fourth-order valence-corrected chi connectivity index (χ4v) is 2.96. The van der Waals surface area contributed by atoms with Gasteiger partial charge in [0.05, 0.1) is 6.10 Å². The van der Waals surface area contributed by atoms with E-state index in [4.69, 9.17) is 10.5 Å². The molecule has 1 fully saturated rings. The van der Waals surface area contributed by atoms with Crippen LogP contribution in [0, 0.1) is 5.92 Å². The lowest BCUT2D eigenvalue weighted by molar-refractivity contribution is 0.242. The van der Waals surface area contributed by atoms with Gasteiger partial charge in [0, 0.05) is 30.1 Å². The molecule has 0 saturated heterocycles. The van der Waals surface area contributed by atoms with E-state index in [1.54, 1.807) is 0 Å². The van der Waals surface area contributed by atoms with E-state index in [1.165, 1.54) is 38.5 Å². The van der Waals surface area contributed by atoms with Gasteiger partial charge in [0.25, 0.3) is 0 Å². The summed E-state index contributed by atoms with van der Waals surface area (Å²) >= 11 is 0. The van der Waals surface area contributed by atoms with Crippen molar-refractivity contribution in [2.75, 3.05) is 17.6 Å². The van der Waals surface area contributed by atoms with Crippen molar-refractivity contribution in [3.63, 3.8) is 0 Å². The summed E-state index contributed by atoms with van der Waals surface area (Å²) in [5.74, 6) is 1.75. The van der Waals surface area contributed by atoms with Gasteiger partial charge in [0.2, 0.25) is 0 Å². The highest BCUT2D eigenvalue weighted by Gasteiger charge is 2.12.